The van der Waals surface area contributed by atoms with Crippen molar-refractivity contribution in [2.75, 3.05) is 25.6 Å². The summed E-state index contributed by atoms with van der Waals surface area (Å²) in [7, 11) is 1.59. The molecule has 0 bridgehead atoms. The highest BCUT2D eigenvalue weighted by Gasteiger charge is 2.32. The smallest absolute Gasteiger partial charge is 0.338 e. The molecule has 1 saturated heterocycles. The van der Waals surface area contributed by atoms with Gasteiger partial charge < -0.3 is 14.8 Å². The Morgan fingerprint density at radius 1 is 1.12 bits per heavy atom. The summed E-state index contributed by atoms with van der Waals surface area (Å²) < 4.78 is 10.5. The van der Waals surface area contributed by atoms with Crippen LogP contribution >= 0.6 is 24.0 Å². The van der Waals surface area contributed by atoms with Gasteiger partial charge in [0.1, 0.15) is 10.1 Å². The van der Waals surface area contributed by atoms with Crippen LogP contribution in [0.25, 0.3) is 6.08 Å². The van der Waals surface area contributed by atoms with Crippen molar-refractivity contribution in [2.45, 2.75) is 13.3 Å². The van der Waals surface area contributed by atoms with Crippen LogP contribution in [0, 0.1) is 0 Å². The number of carbonyl (C=O) groups is 3. The Hall–Kier alpha value is -3.17. The van der Waals surface area contributed by atoms with Gasteiger partial charge in [0.2, 0.25) is 5.91 Å². The molecule has 1 heterocycles. The lowest BCUT2D eigenvalue weighted by Gasteiger charge is -2.14. The minimum absolute atomic E-state index is 0.0852. The SMILES string of the molecule is CCOC(=O)c1ccc(NC(=O)CCN2C(=O)C(=Cc3ccc(OC)cc3)SC2=S)cc1. The van der Waals surface area contributed by atoms with Crippen molar-refractivity contribution in [3.05, 3.63) is 64.6 Å². The van der Waals surface area contributed by atoms with E-state index in [1.165, 1.54) is 16.7 Å². The van der Waals surface area contributed by atoms with E-state index in [1.807, 2.05) is 24.3 Å². The van der Waals surface area contributed by atoms with E-state index in [9.17, 15) is 14.4 Å². The highest BCUT2D eigenvalue weighted by atomic mass is 32.2. The predicted molar refractivity (Wildman–Crippen MR) is 129 cm³/mol. The van der Waals surface area contributed by atoms with Gasteiger partial charge in [-0.25, -0.2) is 4.79 Å². The van der Waals surface area contributed by atoms with Crippen LogP contribution in [-0.2, 0) is 14.3 Å². The van der Waals surface area contributed by atoms with E-state index in [2.05, 4.69) is 5.32 Å². The third-order valence-corrected chi connectivity index (χ3v) is 5.91. The second-order valence-electron chi connectivity index (χ2n) is 6.70. The van der Waals surface area contributed by atoms with Gasteiger partial charge in [-0.2, -0.15) is 0 Å². The summed E-state index contributed by atoms with van der Waals surface area (Å²) in [6, 6.07) is 13.8. The number of methoxy groups -OCH3 is 1. The number of ether oxygens (including phenoxy) is 2. The van der Waals surface area contributed by atoms with Gasteiger partial charge in [-0.3, -0.25) is 14.5 Å². The maximum absolute atomic E-state index is 12.7. The highest BCUT2D eigenvalue weighted by Crippen LogP contribution is 2.32. The fourth-order valence-electron chi connectivity index (χ4n) is 2.89. The second-order valence-corrected chi connectivity index (χ2v) is 8.38. The number of hydrogen-bond donors (Lipinski definition) is 1. The molecule has 2 aromatic rings. The molecule has 2 aromatic carbocycles. The molecule has 3 rings (SSSR count). The molecule has 0 aromatic heterocycles. The molecule has 0 spiro atoms. The Kier molecular flexibility index (Phi) is 8.02. The molecular formula is C23H22N2O5S2. The van der Waals surface area contributed by atoms with Crippen LogP contribution < -0.4 is 10.1 Å². The number of benzene rings is 2. The Bertz CT molecular complexity index is 1050. The first-order chi connectivity index (χ1) is 15.4. The Morgan fingerprint density at radius 3 is 2.44 bits per heavy atom. The minimum atomic E-state index is -0.414. The van der Waals surface area contributed by atoms with E-state index in [-0.39, 0.29) is 24.8 Å². The Balaban J connectivity index is 1.55. The van der Waals surface area contributed by atoms with E-state index in [4.69, 9.17) is 21.7 Å². The van der Waals surface area contributed by atoms with Crippen molar-refractivity contribution in [2.24, 2.45) is 0 Å². The number of rotatable bonds is 8. The van der Waals surface area contributed by atoms with Gasteiger partial charge in [0.15, 0.2) is 0 Å². The molecule has 32 heavy (non-hydrogen) atoms. The molecule has 0 radical (unpaired) electrons. The maximum Gasteiger partial charge on any atom is 0.338 e. The minimum Gasteiger partial charge on any atom is -0.497 e. The average Bonchev–Trinajstić information content (AvgIpc) is 3.05. The largest absolute Gasteiger partial charge is 0.497 e. The van der Waals surface area contributed by atoms with Crippen molar-refractivity contribution in [3.8, 4) is 5.75 Å². The lowest BCUT2D eigenvalue weighted by atomic mass is 10.2. The summed E-state index contributed by atoms with van der Waals surface area (Å²) in [6.07, 6.45) is 1.85. The molecular weight excluding hydrogens is 448 g/mol. The van der Waals surface area contributed by atoms with Gasteiger partial charge in [0.05, 0.1) is 24.2 Å². The summed E-state index contributed by atoms with van der Waals surface area (Å²) >= 11 is 6.54. The van der Waals surface area contributed by atoms with Gasteiger partial charge in [-0.1, -0.05) is 36.1 Å². The fraction of sp³-hybridized carbons (Fsp3) is 0.217. The number of carbonyl (C=O) groups excluding carboxylic acids is 3. The second kappa shape index (κ2) is 10.9. The number of esters is 1. The number of thioether (sulfide) groups is 1. The monoisotopic (exact) mass is 470 g/mol. The third-order valence-electron chi connectivity index (χ3n) is 4.53. The normalized spacial score (nSPS) is 14.6. The van der Waals surface area contributed by atoms with Gasteiger partial charge in [0, 0.05) is 18.7 Å². The number of hydrogen-bond acceptors (Lipinski definition) is 7. The van der Waals surface area contributed by atoms with Crippen molar-refractivity contribution >= 4 is 57.8 Å². The molecule has 0 unspecified atom stereocenters. The first-order valence-corrected chi connectivity index (χ1v) is 11.1. The predicted octanol–water partition coefficient (Wildman–Crippen LogP) is 4.10. The first-order valence-electron chi connectivity index (χ1n) is 9.87. The van der Waals surface area contributed by atoms with E-state index in [0.29, 0.717) is 27.1 Å². The van der Waals surface area contributed by atoms with Gasteiger partial charge >= 0.3 is 5.97 Å². The average molecular weight is 471 g/mol. The molecule has 9 heteroatoms. The van der Waals surface area contributed by atoms with Crippen molar-refractivity contribution in [3.63, 3.8) is 0 Å². The summed E-state index contributed by atoms with van der Waals surface area (Å²) in [4.78, 5) is 38.7. The standard InChI is InChI=1S/C23H22N2O5S2/c1-3-30-22(28)16-6-8-17(9-7-16)24-20(26)12-13-25-21(27)19(32-23(25)31)14-15-4-10-18(29-2)11-5-15/h4-11,14H,3,12-13H2,1-2H3,(H,24,26). The quantitative estimate of drug-likeness (QED) is 0.353. The molecule has 0 atom stereocenters. The summed E-state index contributed by atoms with van der Waals surface area (Å²) in [5, 5.41) is 2.75. The number of anilines is 1. The number of amides is 2. The number of nitrogens with one attached hydrogen (secondary N) is 1. The van der Waals surface area contributed by atoms with Crippen LogP contribution in [0.1, 0.15) is 29.3 Å². The van der Waals surface area contributed by atoms with Crippen LogP contribution in [0.3, 0.4) is 0 Å². The molecule has 166 valence electrons. The molecule has 1 aliphatic rings. The third kappa shape index (κ3) is 5.95. The topological polar surface area (TPSA) is 84.9 Å². The van der Waals surface area contributed by atoms with Crippen LogP contribution in [0.15, 0.2) is 53.4 Å². The summed E-state index contributed by atoms with van der Waals surface area (Å²) in [6.45, 7) is 2.21. The van der Waals surface area contributed by atoms with E-state index in [0.717, 1.165) is 11.3 Å². The molecule has 1 N–H and O–H groups in total. The van der Waals surface area contributed by atoms with Crippen LogP contribution in [0.2, 0.25) is 0 Å². The number of nitrogens with zero attached hydrogens (tertiary/aromatic N) is 1. The summed E-state index contributed by atoms with van der Waals surface area (Å²) in [5.74, 6) is -0.164. The Morgan fingerprint density at radius 2 is 1.81 bits per heavy atom. The van der Waals surface area contributed by atoms with E-state index < -0.39 is 5.97 Å². The van der Waals surface area contributed by atoms with Crippen molar-refractivity contribution in [1.29, 1.82) is 0 Å². The molecule has 2 amide bonds. The van der Waals surface area contributed by atoms with Crippen LogP contribution in [0.4, 0.5) is 5.69 Å². The van der Waals surface area contributed by atoms with Gasteiger partial charge in [-0.05, 0) is 55.0 Å². The van der Waals surface area contributed by atoms with Crippen molar-refractivity contribution in [1.82, 2.24) is 4.90 Å². The zero-order valence-corrected chi connectivity index (χ0v) is 19.3. The van der Waals surface area contributed by atoms with Gasteiger partial charge in [0.25, 0.3) is 5.91 Å². The summed E-state index contributed by atoms with van der Waals surface area (Å²) in [5.41, 5.74) is 1.81. The lowest BCUT2D eigenvalue weighted by molar-refractivity contribution is -0.122. The molecule has 0 saturated carbocycles. The van der Waals surface area contributed by atoms with Crippen LogP contribution in [0.5, 0.6) is 5.75 Å². The van der Waals surface area contributed by atoms with Crippen molar-refractivity contribution < 1.29 is 23.9 Å². The van der Waals surface area contributed by atoms with E-state index in [1.54, 1.807) is 44.4 Å². The molecule has 7 nitrogen and oxygen atoms in total. The number of thiocarbonyl (C=S) groups is 1. The zero-order chi connectivity index (χ0) is 23.1. The molecule has 1 aliphatic heterocycles. The lowest BCUT2D eigenvalue weighted by Crippen LogP contribution is -2.31. The van der Waals surface area contributed by atoms with Crippen LogP contribution in [-0.4, -0.2) is 47.3 Å². The fourth-order valence-corrected chi connectivity index (χ4v) is 4.19. The highest BCUT2D eigenvalue weighted by molar-refractivity contribution is 8.26. The first kappa shape index (κ1) is 23.5. The van der Waals surface area contributed by atoms with E-state index >= 15 is 0 Å². The zero-order valence-electron chi connectivity index (χ0n) is 17.6. The molecule has 1 fully saturated rings. The molecule has 0 aliphatic carbocycles. The van der Waals surface area contributed by atoms with Gasteiger partial charge in [-0.15, -0.1) is 0 Å². The maximum atomic E-state index is 12.7. The Labute approximate surface area is 195 Å².